The molecule has 0 fully saturated rings. The van der Waals surface area contributed by atoms with E-state index in [1.54, 1.807) is 6.33 Å². The average molecular weight is 255 g/mol. The van der Waals surface area contributed by atoms with Crippen molar-refractivity contribution in [3.63, 3.8) is 0 Å². The number of aryl methyl sites for hydroxylation is 3. The second-order valence-electron chi connectivity index (χ2n) is 5.03. The highest BCUT2D eigenvalue weighted by atomic mass is 16.5. The molecule has 1 aromatic heterocycles. The van der Waals surface area contributed by atoms with Crippen LogP contribution in [0.1, 0.15) is 28.8 Å². The highest BCUT2D eigenvalue weighted by Crippen LogP contribution is 2.33. The summed E-state index contributed by atoms with van der Waals surface area (Å²) in [7, 11) is 0. The van der Waals surface area contributed by atoms with Crippen LogP contribution in [0, 0.1) is 13.8 Å². The molecule has 1 heterocycles. The highest BCUT2D eigenvalue weighted by Gasteiger charge is 2.19. The van der Waals surface area contributed by atoms with E-state index in [2.05, 4.69) is 9.97 Å². The molecule has 3 rings (SSSR count). The average Bonchev–Trinajstić information content (AvgIpc) is 2.85. The van der Waals surface area contributed by atoms with Gasteiger partial charge in [-0.25, -0.2) is 9.97 Å². The number of nitrogen functional groups attached to an aromatic ring is 1. The molecule has 1 aliphatic rings. The van der Waals surface area contributed by atoms with E-state index in [-0.39, 0.29) is 0 Å². The van der Waals surface area contributed by atoms with Crippen molar-refractivity contribution in [2.75, 3.05) is 5.73 Å². The predicted octanol–water partition coefficient (Wildman–Crippen LogP) is 2.96. The number of nitrogens with two attached hydrogens (primary N) is 1. The summed E-state index contributed by atoms with van der Waals surface area (Å²) in [6.45, 7) is 3.97. The maximum absolute atomic E-state index is 5.98. The minimum Gasteiger partial charge on any atom is -0.438 e. The van der Waals surface area contributed by atoms with Crippen molar-refractivity contribution in [1.29, 1.82) is 0 Å². The van der Waals surface area contributed by atoms with Crippen LogP contribution in [-0.4, -0.2) is 9.97 Å². The van der Waals surface area contributed by atoms with Crippen LogP contribution in [0.5, 0.6) is 11.6 Å². The van der Waals surface area contributed by atoms with Crippen molar-refractivity contribution in [2.24, 2.45) is 0 Å². The summed E-state index contributed by atoms with van der Waals surface area (Å²) < 4.78 is 5.98. The second kappa shape index (κ2) is 4.53. The molecular weight excluding hydrogens is 238 g/mol. The van der Waals surface area contributed by atoms with E-state index in [0.29, 0.717) is 5.88 Å². The summed E-state index contributed by atoms with van der Waals surface area (Å²) in [5.41, 5.74) is 11.0. The smallest absolute Gasteiger partial charge is 0.225 e. The maximum atomic E-state index is 5.98. The third-order valence-corrected chi connectivity index (χ3v) is 3.61. The topological polar surface area (TPSA) is 61.0 Å². The van der Waals surface area contributed by atoms with E-state index >= 15 is 0 Å². The first-order chi connectivity index (χ1) is 9.15. The molecule has 0 spiro atoms. The standard InChI is InChI=1S/C15H17N3O/c1-9-7-14(10(2)6-12(9)16)19-15-11-4-3-5-13(11)17-8-18-15/h6-8H,3-5,16H2,1-2H3. The van der Waals surface area contributed by atoms with Gasteiger partial charge < -0.3 is 10.5 Å². The van der Waals surface area contributed by atoms with Gasteiger partial charge in [-0.3, -0.25) is 0 Å². The monoisotopic (exact) mass is 255 g/mol. The first kappa shape index (κ1) is 12.0. The Morgan fingerprint density at radius 2 is 1.95 bits per heavy atom. The van der Waals surface area contributed by atoms with Crippen LogP contribution < -0.4 is 10.5 Å². The Kier molecular flexibility index (Phi) is 2.85. The fourth-order valence-electron chi connectivity index (χ4n) is 2.44. The molecular formula is C15H17N3O. The van der Waals surface area contributed by atoms with Crippen molar-refractivity contribution in [2.45, 2.75) is 33.1 Å². The first-order valence-corrected chi connectivity index (χ1v) is 6.52. The summed E-state index contributed by atoms with van der Waals surface area (Å²) >= 11 is 0. The van der Waals surface area contributed by atoms with Crippen LogP contribution in [0.15, 0.2) is 18.5 Å². The lowest BCUT2D eigenvalue weighted by atomic mass is 10.1. The quantitative estimate of drug-likeness (QED) is 0.838. The fraction of sp³-hybridized carbons (Fsp3) is 0.333. The molecule has 4 heteroatoms. The number of nitrogens with zero attached hydrogens (tertiary/aromatic N) is 2. The van der Waals surface area contributed by atoms with E-state index in [1.165, 1.54) is 0 Å². The molecule has 0 unspecified atom stereocenters. The van der Waals surface area contributed by atoms with Crippen molar-refractivity contribution < 1.29 is 4.74 Å². The summed E-state index contributed by atoms with van der Waals surface area (Å²) in [5.74, 6) is 1.51. The molecule has 4 nitrogen and oxygen atoms in total. The molecule has 2 N–H and O–H groups in total. The lowest BCUT2D eigenvalue weighted by molar-refractivity contribution is 0.452. The normalized spacial score (nSPS) is 13.4. The van der Waals surface area contributed by atoms with E-state index in [1.807, 2.05) is 26.0 Å². The zero-order valence-corrected chi connectivity index (χ0v) is 11.2. The number of rotatable bonds is 2. The molecule has 19 heavy (non-hydrogen) atoms. The van der Waals surface area contributed by atoms with Gasteiger partial charge >= 0.3 is 0 Å². The number of hydrogen-bond acceptors (Lipinski definition) is 4. The van der Waals surface area contributed by atoms with Gasteiger partial charge in [0, 0.05) is 11.3 Å². The van der Waals surface area contributed by atoms with Gasteiger partial charge in [0.15, 0.2) is 0 Å². The molecule has 0 radical (unpaired) electrons. The van der Waals surface area contributed by atoms with Crippen molar-refractivity contribution in [3.8, 4) is 11.6 Å². The van der Waals surface area contributed by atoms with Crippen molar-refractivity contribution in [3.05, 3.63) is 40.8 Å². The first-order valence-electron chi connectivity index (χ1n) is 6.52. The molecule has 98 valence electrons. The molecule has 0 saturated heterocycles. The summed E-state index contributed by atoms with van der Waals surface area (Å²) in [4.78, 5) is 8.58. The molecule has 0 atom stereocenters. The number of hydrogen-bond donors (Lipinski definition) is 1. The SMILES string of the molecule is Cc1cc(Oc2ncnc3c2CCC3)c(C)cc1N. The third kappa shape index (κ3) is 2.14. The number of aromatic nitrogens is 2. The summed E-state index contributed by atoms with van der Waals surface area (Å²) in [5, 5.41) is 0. The molecule has 0 saturated carbocycles. The second-order valence-corrected chi connectivity index (χ2v) is 5.03. The van der Waals surface area contributed by atoms with Crippen LogP contribution in [0.3, 0.4) is 0 Å². The van der Waals surface area contributed by atoms with E-state index in [9.17, 15) is 0 Å². The number of benzene rings is 1. The van der Waals surface area contributed by atoms with Crippen LogP contribution in [0.4, 0.5) is 5.69 Å². The van der Waals surface area contributed by atoms with Gasteiger partial charge in [-0.2, -0.15) is 0 Å². The molecule has 0 bridgehead atoms. The Morgan fingerprint density at radius 1 is 1.11 bits per heavy atom. The number of ether oxygens (including phenoxy) is 1. The minimum absolute atomic E-state index is 0.690. The molecule has 0 amide bonds. The van der Waals surface area contributed by atoms with Crippen LogP contribution in [0.2, 0.25) is 0 Å². The zero-order valence-electron chi connectivity index (χ0n) is 11.2. The van der Waals surface area contributed by atoms with Gasteiger partial charge in [0.1, 0.15) is 12.1 Å². The molecule has 0 aliphatic heterocycles. The summed E-state index contributed by atoms with van der Waals surface area (Å²) in [6, 6.07) is 3.90. The van der Waals surface area contributed by atoms with Crippen molar-refractivity contribution in [1.82, 2.24) is 9.97 Å². The lowest BCUT2D eigenvalue weighted by Crippen LogP contribution is -1.99. The summed E-state index contributed by atoms with van der Waals surface area (Å²) in [6.07, 6.45) is 4.73. The third-order valence-electron chi connectivity index (χ3n) is 3.61. The predicted molar refractivity (Wildman–Crippen MR) is 74.5 cm³/mol. The Hall–Kier alpha value is -2.10. The van der Waals surface area contributed by atoms with Gasteiger partial charge in [0.2, 0.25) is 5.88 Å². The number of anilines is 1. The zero-order chi connectivity index (χ0) is 13.4. The van der Waals surface area contributed by atoms with Gasteiger partial charge in [0.25, 0.3) is 0 Å². The van der Waals surface area contributed by atoms with Crippen molar-refractivity contribution >= 4 is 5.69 Å². The van der Waals surface area contributed by atoms with Gasteiger partial charge in [-0.1, -0.05) is 0 Å². The molecule has 1 aliphatic carbocycles. The minimum atomic E-state index is 0.690. The van der Waals surface area contributed by atoms with Gasteiger partial charge in [0.05, 0.1) is 5.69 Å². The van der Waals surface area contributed by atoms with Gasteiger partial charge in [-0.15, -0.1) is 0 Å². The molecule has 2 aromatic rings. The number of fused-ring (bicyclic) bond motifs is 1. The lowest BCUT2D eigenvalue weighted by Gasteiger charge is -2.12. The fourth-order valence-corrected chi connectivity index (χ4v) is 2.44. The van der Waals surface area contributed by atoms with E-state index < -0.39 is 0 Å². The largest absolute Gasteiger partial charge is 0.438 e. The Labute approximate surface area is 112 Å². The van der Waals surface area contributed by atoms with Gasteiger partial charge in [-0.05, 0) is 56.4 Å². The molecule has 1 aromatic carbocycles. The van der Waals surface area contributed by atoms with Crippen LogP contribution >= 0.6 is 0 Å². The van der Waals surface area contributed by atoms with E-state index in [0.717, 1.165) is 53.1 Å². The van der Waals surface area contributed by atoms with Crippen LogP contribution in [-0.2, 0) is 12.8 Å². The van der Waals surface area contributed by atoms with Crippen LogP contribution in [0.25, 0.3) is 0 Å². The highest BCUT2D eigenvalue weighted by molar-refractivity contribution is 5.54. The Balaban J connectivity index is 1.98. The van der Waals surface area contributed by atoms with E-state index in [4.69, 9.17) is 10.5 Å². The Morgan fingerprint density at radius 3 is 2.79 bits per heavy atom. The maximum Gasteiger partial charge on any atom is 0.225 e. The Bertz CT molecular complexity index is 638.